The number of amides is 2. The lowest BCUT2D eigenvalue weighted by Crippen LogP contribution is -2.44. The van der Waals surface area contributed by atoms with Gasteiger partial charge in [0.15, 0.2) is 0 Å². The molecule has 3 aliphatic rings. The molecule has 0 aromatic rings. The summed E-state index contributed by atoms with van der Waals surface area (Å²) in [6.45, 7) is 0.506. The van der Waals surface area contributed by atoms with Crippen LogP contribution in [0.25, 0.3) is 0 Å². The third kappa shape index (κ3) is 2.20. The fourth-order valence-electron chi connectivity index (χ4n) is 4.03. The van der Waals surface area contributed by atoms with Crippen LogP contribution in [-0.2, 0) is 9.59 Å². The summed E-state index contributed by atoms with van der Waals surface area (Å²) in [7, 11) is 0. The maximum Gasteiger partial charge on any atom is 0.233 e. The Hall–Kier alpha value is -1.16. The Morgan fingerprint density at radius 3 is 2.10 bits per heavy atom. The number of allylic oxidation sites excluding steroid dienone is 2. The van der Waals surface area contributed by atoms with E-state index in [1.165, 1.54) is 11.3 Å². The van der Waals surface area contributed by atoms with Gasteiger partial charge in [-0.3, -0.25) is 14.5 Å². The van der Waals surface area contributed by atoms with E-state index in [-0.39, 0.29) is 35.7 Å². The van der Waals surface area contributed by atoms with E-state index in [2.05, 4.69) is 0 Å². The lowest BCUT2D eigenvalue weighted by atomic mass is 9.74. The molecular formula is C16H23NO3. The molecule has 2 fully saturated rings. The van der Waals surface area contributed by atoms with Gasteiger partial charge in [-0.05, 0) is 25.7 Å². The standard InChI is InChI=1S/C16H23NO3/c18-11-16(8-4-1-5-9-16)10-17-14(19)12-6-2-3-7-13(12)15(17)20/h2-3,12-13,18H,1,4-11H2/t12-,13+. The van der Waals surface area contributed by atoms with E-state index in [0.717, 1.165) is 25.7 Å². The third-order valence-corrected chi connectivity index (χ3v) is 5.34. The fourth-order valence-corrected chi connectivity index (χ4v) is 4.03. The maximum absolute atomic E-state index is 12.5. The number of aliphatic hydroxyl groups excluding tert-OH is 1. The first kappa shape index (κ1) is 13.8. The first-order chi connectivity index (χ1) is 9.67. The second kappa shape index (κ2) is 5.32. The SMILES string of the molecule is O=C1[C@H]2CC=CC[C@H]2C(=O)N1CC1(CO)CCCCC1. The topological polar surface area (TPSA) is 57.6 Å². The number of carbonyl (C=O) groups is 2. The summed E-state index contributed by atoms with van der Waals surface area (Å²) in [6.07, 6.45) is 10.6. The molecule has 4 nitrogen and oxygen atoms in total. The van der Waals surface area contributed by atoms with Gasteiger partial charge in [-0.1, -0.05) is 31.4 Å². The quantitative estimate of drug-likeness (QED) is 0.633. The van der Waals surface area contributed by atoms with Gasteiger partial charge in [0.2, 0.25) is 11.8 Å². The summed E-state index contributed by atoms with van der Waals surface area (Å²) in [5.74, 6) is -0.316. The first-order valence-corrected chi connectivity index (χ1v) is 7.78. The van der Waals surface area contributed by atoms with Gasteiger partial charge in [-0.15, -0.1) is 0 Å². The van der Waals surface area contributed by atoms with Crippen LogP contribution in [0.1, 0.15) is 44.9 Å². The molecule has 20 heavy (non-hydrogen) atoms. The number of carbonyl (C=O) groups excluding carboxylic acids is 2. The molecule has 0 radical (unpaired) electrons. The molecule has 1 saturated carbocycles. The van der Waals surface area contributed by atoms with E-state index in [9.17, 15) is 14.7 Å². The van der Waals surface area contributed by atoms with E-state index >= 15 is 0 Å². The molecule has 0 unspecified atom stereocenters. The number of hydrogen-bond donors (Lipinski definition) is 1. The van der Waals surface area contributed by atoms with Crippen molar-refractivity contribution in [3.05, 3.63) is 12.2 Å². The van der Waals surface area contributed by atoms with Crippen LogP contribution < -0.4 is 0 Å². The zero-order valence-corrected chi connectivity index (χ0v) is 11.9. The Morgan fingerprint density at radius 1 is 1.05 bits per heavy atom. The van der Waals surface area contributed by atoms with Crippen molar-refractivity contribution in [1.82, 2.24) is 4.90 Å². The normalized spacial score (nSPS) is 32.5. The monoisotopic (exact) mass is 277 g/mol. The number of hydrogen-bond acceptors (Lipinski definition) is 3. The molecule has 2 amide bonds. The lowest BCUT2D eigenvalue weighted by molar-refractivity contribution is -0.142. The van der Waals surface area contributed by atoms with Gasteiger partial charge in [0, 0.05) is 12.0 Å². The molecule has 1 N–H and O–H groups in total. The summed E-state index contributed by atoms with van der Waals surface area (Å²) in [4.78, 5) is 26.4. The molecule has 1 heterocycles. The second-order valence-corrected chi connectivity index (χ2v) is 6.64. The van der Waals surface area contributed by atoms with Crippen molar-refractivity contribution in [2.45, 2.75) is 44.9 Å². The van der Waals surface area contributed by atoms with Crippen molar-refractivity contribution in [3.8, 4) is 0 Å². The molecule has 0 aromatic carbocycles. The van der Waals surface area contributed by atoms with Crippen molar-refractivity contribution in [2.24, 2.45) is 17.3 Å². The number of fused-ring (bicyclic) bond motifs is 1. The van der Waals surface area contributed by atoms with Gasteiger partial charge in [0.25, 0.3) is 0 Å². The predicted octanol–water partition coefficient (Wildman–Crippen LogP) is 1.88. The highest BCUT2D eigenvalue weighted by atomic mass is 16.3. The molecule has 0 aromatic heterocycles. The summed E-state index contributed by atoms with van der Waals surface area (Å²) in [6, 6.07) is 0. The average Bonchev–Trinajstić information content (AvgIpc) is 2.74. The van der Waals surface area contributed by atoms with E-state index in [0.29, 0.717) is 19.4 Å². The van der Waals surface area contributed by atoms with Crippen LogP contribution >= 0.6 is 0 Å². The predicted molar refractivity (Wildman–Crippen MR) is 74.7 cm³/mol. The number of nitrogens with zero attached hydrogens (tertiary/aromatic N) is 1. The Kier molecular flexibility index (Phi) is 3.67. The molecular weight excluding hydrogens is 254 g/mol. The number of rotatable bonds is 3. The fraction of sp³-hybridized carbons (Fsp3) is 0.750. The summed E-state index contributed by atoms with van der Waals surface area (Å²) in [5.41, 5.74) is -0.246. The third-order valence-electron chi connectivity index (χ3n) is 5.34. The van der Waals surface area contributed by atoms with Crippen LogP contribution in [0.3, 0.4) is 0 Å². The zero-order chi connectivity index (χ0) is 14.2. The van der Waals surface area contributed by atoms with Gasteiger partial charge in [-0.2, -0.15) is 0 Å². The molecule has 0 bridgehead atoms. The minimum absolute atomic E-state index is 0.0113. The van der Waals surface area contributed by atoms with Crippen molar-refractivity contribution in [3.63, 3.8) is 0 Å². The Morgan fingerprint density at radius 2 is 1.60 bits per heavy atom. The lowest BCUT2D eigenvalue weighted by Gasteiger charge is -2.38. The average molecular weight is 277 g/mol. The Labute approximate surface area is 119 Å². The first-order valence-electron chi connectivity index (χ1n) is 7.78. The highest BCUT2D eigenvalue weighted by molar-refractivity contribution is 6.05. The van der Waals surface area contributed by atoms with E-state index in [1.807, 2.05) is 12.2 Å². The minimum atomic E-state index is -0.246. The number of imide groups is 1. The maximum atomic E-state index is 12.5. The molecule has 2 atom stereocenters. The minimum Gasteiger partial charge on any atom is -0.396 e. The van der Waals surface area contributed by atoms with Gasteiger partial charge >= 0.3 is 0 Å². The van der Waals surface area contributed by atoms with Crippen LogP contribution in [0, 0.1) is 17.3 Å². The Balaban J connectivity index is 1.77. The smallest absolute Gasteiger partial charge is 0.233 e. The van der Waals surface area contributed by atoms with Crippen LogP contribution in [0.5, 0.6) is 0 Å². The highest BCUT2D eigenvalue weighted by Crippen LogP contribution is 2.41. The zero-order valence-electron chi connectivity index (χ0n) is 11.9. The van der Waals surface area contributed by atoms with Crippen molar-refractivity contribution in [2.75, 3.05) is 13.2 Å². The molecule has 110 valence electrons. The molecule has 1 aliphatic heterocycles. The Bertz CT molecular complexity index is 411. The summed E-state index contributed by atoms with van der Waals surface area (Å²) >= 11 is 0. The van der Waals surface area contributed by atoms with Crippen LogP contribution in [0.2, 0.25) is 0 Å². The van der Waals surface area contributed by atoms with Crippen molar-refractivity contribution < 1.29 is 14.7 Å². The molecule has 2 aliphatic carbocycles. The van der Waals surface area contributed by atoms with Crippen LogP contribution in [-0.4, -0.2) is 35.0 Å². The summed E-state index contributed by atoms with van der Waals surface area (Å²) < 4.78 is 0. The molecule has 4 heteroatoms. The van der Waals surface area contributed by atoms with E-state index in [4.69, 9.17) is 0 Å². The van der Waals surface area contributed by atoms with Crippen LogP contribution in [0.4, 0.5) is 0 Å². The molecule has 0 spiro atoms. The van der Waals surface area contributed by atoms with Crippen molar-refractivity contribution >= 4 is 11.8 Å². The van der Waals surface area contributed by atoms with Crippen LogP contribution in [0.15, 0.2) is 12.2 Å². The van der Waals surface area contributed by atoms with E-state index in [1.54, 1.807) is 0 Å². The van der Waals surface area contributed by atoms with Gasteiger partial charge in [-0.25, -0.2) is 0 Å². The molecule has 3 rings (SSSR count). The van der Waals surface area contributed by atoms with Gasteiger partial charge in [0.05, 0.1) is 18.4 Å². The highest BCUT2D eigenvalue weighted by Gasteiger charge is 2.49. The largest absolute Gasteiger partial charge is 0.396 e. The second-order valence-electron chi connectivity index (χ2n) is 6.64. The number of aliphatic hydroxyl groups is 1. The molecule has 1 saturated heterocycles. The van der Waals surface area contributed by atoms with Crippen molar-refractivity contribution in [1.29, 1.82) is 0 Å². The number of likely N-dealkylation sites (tertiary alicyclic amines) is 1. The van der Waals surface area contributed by atoms with E-state index < -0.39 is 0 Å². The summed E-state index contributed by atoms with van der Waals surface area (Å²) in [5, 5.41) is 9.77. The van der Waals surface area contributed by atoms with Gasteiger partial charge < -0.3 is 5.11 Å². The van der Waals surface area contributed by atoms with Gasteiger partial charge in [0.1, 0.15) is 0 Å².